The first kappa shape index (κ1) is 14.9. The van der Waals surface area contributed by atoms with Crippen LogP contribution in [0.3, 0.4) is 0 Å². The van der Waals surface area contributed by atoms with Crippen molar-refractivity contribution < 1.29 is 13.2 Å². The zero-order valence-corrected chi connectivity index (χ0v) is 7.97. The molecular formula is C7H8Cl2F3N. The van der Waals surface area contributed by atoms with Gasteiger partial charge in [0.15, 0.2) is 0 Å². The fourth-order valence-electron chi connectivity index (χ4n) is 0.672. The molecule has 13 heavy (non-hydrogen) atoms. The number of rotatable bonds is 0. The minimum absolute atomic E-state index is 0. The van der Waals surface area contributed by atoms with Gasteiger partial charge >= 0.3 is 6.18 Å². The second-order valence-electron chi connectivity index (χ2n) is 2.12. The molecule has 0 saturated carbocycles. The normalized spacial score (nSPS) is 9.77. The summed E-state index contributed by atoms with van der Waals surface area (Å²) in [7, 11) is 0. The summed E-state index contributed by atoms with van der Waals surface area (Å²) < 4.78 is 35.6. The Morgan fingerprint density at radius 2 is 1.31 bits per heavy atom. The van der Waals surface area contributed by atoms with Gasteiger partial charge in [-0.1, -0.05) is 0 Å². The third-order valence-corrected chi connectivity index (χ3v) is 1.24. The lowest BCUT2D eigenvalue weighted by molar-refractivity contribution is -0.137. The maximum absolute atomic E-state index is 11.9. The van der Waals surface area contributed by atoms with Crippen molar-refractivity contribution in [1.29, 1.82) is 0 Å². The standard InChI is InChI=1S/C7H6F3N.2ClH/c8-7(9,10)5-1-3-6(11)4-2-5;;/h1-4H,11H2;2*1H. The Kier molecular flexibility index (Phi) is 5.95. The maximum Gasteiger partial charge on any atom is 0.416 e. The Bertz CT molecular complexity index is 245. The van der Waals surface area contributed by atoms with Gasteiger partial charge in [-0.2, -0.15) is 13.2 Å². The van der Waals surface area contributed by atoms with Crippen molar-refractivity contribution >= 4 is 30.5 Å². The molecule has 0 aromatic heterocycles. The molecule has 0 radical (unpaired) electrons. The average Bonchev–Trinajstić information content (AvgIpc) is 1.86. The van der Waals surface area contributed by atoms with E-state index in [-0.39, 0.29) is 24.8 Å². The van der Waals surface area contributed by atoms with Crippen LogP contribution in [-0.2, 0) is 6.18 Å². The van der Waals surface area contributed by atoms with Crippen molar-refractivity contribution in [3.05, 3.63) is 29.8 Å². The molecular weight excluding hydrogens is 226 g/mol. The van der Waals surface area contributed by atoms with Crippen molar-refractivity contribution in [2.24, 2.45) is 0 Å². The number of anilines is 1. The van der Waals surface area contributed by atoms with Crippen LogP contribution in [0.25, 0.3) is 0 Å². The van der Waals surface area contributed by atoms with E-state index in [4.69, 9.17) is 5.73 Å². The summed E-state index contributed by atoms with van der Waals surface area (Å²) in [5.74, 6) is 0. The van der Waals surface area contributed by atoms with E-state index >= 15 is 0 Å². The lowest BCUT2D eigenvalue weighted by Crippen LogP contribution is -2.04. The molecule has 6 heteroatoms. The Morgan fingerprint density at radius 1 is 0.923 bits per heavy atom. The summed E-state index contributed by atoms with van der Waals surface area (Å²) in [6, 6.07) is 4.36. The summed E-state index contributed by atoms with van der Waals surface area (Å²) in [5, 5.41) is 0. The van der Waals surface area contributed by atoms with Crippen molar-refractivity contribution in [2.45, 2.75) is 6.18 Å². The minimum atomic E-state index is -4.27. The fraction of sp³-hybridized carbons (Fsp3) is 0.143. The molecule has 0 aliphatic heterocycles. The van der Waals surface area contributed by atoms with Gasteiger partial charge in [-0.15, -0.1) is 24.8 Å². The highest BCUT2D eigenvalue weighted by molar-refractivity contribution is 5.85. The van der Waals surface area contributed by atoms with Crippen molar-refractivity contribution in [1.82, 2.24) is 0 Å². The largest absolute Gasteiger partial charge is 0.416 e. The Morgan fingerprint density at radius 3 is 1.62 bits per heavy atom. The van der Waals surface area contributed by atoms with E-state index in [1.165, 1.54) is 12.1 Å². The molecule has 76 valence electrons. The van der Waals surface area contributed by atoms with Crippen LogP contribution in [0.2, 0.25) is 0 Å². The van der Waals surface area contributed by atoms with E-state index in [1.54, 1.807) is 0 Å². The van der Waals surface area contributed by atoms with Crippen LogP contribution in [0.4, 0.5) is 18.9 Å². The Labute approximate surface area is 85.9 Å². The van der Waals surface area contributed by atoms with Gasteiger partial charge in [0, 0.05) is 5.69 Å². The molecule has 1 nitrogen and oxygen atoms in total. The van der Waals surface area contributed by atoms with Gasteiger partial charge in [-0.25, -0.2) is 0 Å². The van der Waals surface area contributed by atoms with Gasteiger partial charge in [0.1, 0.15) is 0 Å². The van der Waals surface area contributed by atoms with Crippen LogP contribution in [0.15, 0.2) is 24.3 Å². The lowest BCUT2D eigenvalue weighted by Gasteiger charge is -2.05. The molecule has 1 aromatic carbocycles. The second-order valence-corrected chi connectivity index (χ2v) is 2.12. The van der Waals surface area contributed by atoms with Crippen LogP contribution in [0.1, 0.15) is 5.56 Å². The summed E-state index contributed by atoms with van der Waals surface area (Å²) >= 11 is 0. The first-order chi connectivity index (χ1) is 5.00. The number of alkyl halides is 3. The van der Waals surface area contributed by atoms with Crippen LogP contribution < -0.4 is 5.73 Å². The summed E-state index contributed by atoms with van der Waals surface area (Å²) in [5.41, 5.74) is 4.86. The van der Waals surface area contributed by atoms with Gasteiger partial charge < -0.3 is 5.73 Å². The topological polar surface area (TPSA) is 26.0 Å². The second kappa shape index (κ2) is 5.19. The predicted octanol–water partition coefficient (Wildman–Crippen LogP) is 3.13. The highest BCUT2D eigenvalue weighted by atomic mass is 35.5. The van der Waals surface area contributed by atoms with Crippen LogP contribution in [0.5, 0.6) is 0 Å². The van der Waals surface area contributed by atoms with Crippen molar-refractivity contribution in [3.8, 4) is 0 Å². The third kappa shape index (κ3) is 4.24. The molecule has 0 heterocycles. The monoisotopic (exact) mass is 233 g/mol. The Hall–Kier alpha value is -0.610. The molecule has 2 N–H and O–H groups in total. The molecule has 0 spiro atoms. The van der Waals surface area contributed by atoms with E-state index in [0.717, 1.165) is 12.1 Å². The van der Waals surface area contributed by atoms with Crippen molar-refractivity contribution in [2.75, 3.05) is 5.73 Å². The fourth-order valence-corrected chi connectivity index (χ4v) is 0.672. The van der Waals surface area contributed by atoms with E-state index in [2.05, 4.69) is 0 Å². The number of nitrogen functional groups attached to an aromatic ring is 1. The third-order valence-electron chi connectivity index (χ3n) is 1.24. The van der Waals surface area contributed by atoms with Gasteiger partial charge in [0.05, 0.1) is 5.56 Å². The molecule has 0 bridgehead atoms. The van der Waals surface area contributed by atoms with Gasteiger partial charge in [0.25, 0.3) is 0 Å². The van der Waals surface area contributed by atoms with Gasteiger partial charge in [-0.05, 0) is 24.3 Å². The zero-order chi connectivity index (χ0) is 8.48. The van der Waals surface area contributed by atoms with Crippen LogP contribution >= 0.6 is 24.8 Å². The molecule has 0 fully saturated rings. The number of benzene rings is 1. The molecule has 1 rings (SSSR count). The van der Waals surface area contributed by atoms with Crippen LogP contribution in [0, 0.1) is 0 Å². The maximum atomic E-state index is 11.9. The zero-order valence-electron chi connectivity index (χ0n) is 6.34. The number of nitrogens with two attached hydrogens (primary N) is 1. The van der Waals surface area contributed by atoms with E-state index in [9.17, 15) is 13.2 Å². The summed E-state index contributed by atoms with van der Waals surface area (Å²) in [4.78, 5) is 0. The molecule has 0 saturated heterocycles. The summed E-state index contributed by atoms with van der Waals surface area (Å²) in [6.45, 7) is 0. The van der Waals surface area contributed by atoms with Crippen molar-refractivity contribution in [3.63, 3.8) is 0 Å². The highest BCUT2D eigenvalue weighted by Gasteiger charge is 2.29. The number of halogens is 5. The number of hydrogen-bond acceptors (Lipinski definition) is 1. The molecule has 1 aromatic rings. The predicted molar refractivity (Wildman–Crippen MR) is 50.4 cm³/mol. The molecule has 0 aliphatic carbocycles. The molecule has 0 aliphatic rings. The SMILES string of the molecule is Cl.Cl.Nc1ccc(C(F)(F)F)cc1. The quantitative estimate of drug-likeness (QED) is 0.685. The first-order valence-electron chi connectivity index (χ1n) is 2.93. The number of hydrogen-bond donors (Lipinski definition) is 1. The molecule has 0 atom stereocenters. The molecule has 0 amide bonds. The van der Waals surface area contributed by atoms with Crippen LogP contribution in [-0.4, -0.2) is 0 Å². The van der Waals surface area contributed by atoms with E-state index in [0.29, 0.717) is 5.69 Å². The van der Waals surface area contributed by atoms with Gasteiger partial charge in [0.2, 0.25) is 0 Å². The first-order valence-corrected chi connectivity index (χ1v) is 2.93. The minimum Gasteiger partial charge on any atom is -0.399 e. The van der Waals surface area contributed by atoms with E-state index < -0.39 is 11.7 Å². The highest BCUT2D eigenvalue weighted by Crippen LogP contribution is 2.29. The van der Waals surface area contributed by atoms with E-state index in [1.807, 2.05) is 0 Å². The smallest absolute Gasteiger partial charge is 0.399 e. The summed E-state index contributed by atoms with van der Waals surface area (Å²) in [6.07, 6.45) is -4.27. The average molecular weight is 234 g/mol. The Balaban J connectivity index is 0. The lowest BCUT2D eigenvalue weighted by atomic mass is 10.2. The van der Waals surface area contributed by atoms with Gasteiger partial charge in [-0.3, -0.25) is 0 Å². The molecule has 0 unspecified atom stereocenters.